The number of benzene rings is 2. The van der Waals surface area contributed by atoms with E-state index in [0.29, 0.717) is 23.8 Å². The van der Waals surface area contributed by atoms with Gasteiger partial charge in [0, 0.05) is 13.2 Å². The minimum atomic E-state index is -0.268. The summed E-state index contributed by atoms with van der Waals surface area (Å²) in [5, 5.41) is 12.5. The van der Waals surface area contributed by atoms with Crippen molar-refractivity contribution in [2.45, 2.75) is 26.5 Å². The first-order valence-electron chi connectivity index (χ1n) is 9.52. The predicted molar refractivity (Wildman–Crippen MR) is 112 cm³/mol. The number of aryl methyl sites for hydroxylation is 1. The number of ether oxygens (including phenoxy) is 1. The zero-order valence-corrected chi connectivity index (χ0v) is 16.7. The second kappa shape index (κ2) is 7.79. The van der Waals surface area contributed by atoms with Gasteiger partial charge in [0.2, 0.25) is 0 Å². The molecule has 7 heteroatoms. The van der Waals surface area contributed by atoms with Gasteiger partial charge >= 0.3 is 0 Å². The molecule has 0 aliphatic carbocycles. The molecule has 0 spiro atoms. The first kappa shape index (κ1) is 18.7. The van der Waals surface area contributed by atoms with Gasteiger partial charge in [0.25, 0.3) is 5.91 Å². The number of nitrogens with zero attached hydrogens (tertiary/aromatic N) is 4. The maximum Gasteiger partial charge on any atom is 0.275 e. The number of carbonyl (C=O) groups is 1. The summed E-state index contributed by atoms with van der Waals surface area (Å²) in [4.78, 5) is 12.8. The highest BCUT2D eigenvalue weighted by atomic mass is 16.5. The first-order valence-corrected chi connectivity index (χ1v) is 9.52. The lowest BCUT2D eigenvalue weighted by Gasteiger charge is -2.12. The van der Waals surface area contributed by atoms with E-state index in [9.17, 15) is 4.79 Å². The third-order valence-electron chi connectivity index (χ3n) is 4.56. The average Bonchev–Trinajstić information content (AvgIpc) is 3.27. The number of carbonyl (C=O) groups excluding carboxylic acids is 1. The van der Waals surface area contributed by atoms with Crippen LogP contribution in [0.3, 0.4) is 0 Å². The summed E-state index contributed by atoms with van der Waals surface area (Å²) in [6.45, 7) is 4.53. The molecule has 1 amide bonds. The fourth-order valence-electron chi connectivity index (χ4n) is 3.28. The molecule has 2 heterocycles. The highest BCUT2D eigenvalue weighted by Gasteiger charge is 2.20. The van der Waals surface area contributed by atoms with Gasteiger partial charge in [-0.05, 0) is 37.6 Å². The molecular weight excluding hydrogens is 366 g/mol. The highest BCUT2D eigenvalue weighted by molar-refractivity contribution is 6.08. The Kier molecular flexibility index (Phi) is 5.03. The van der Waals surface area contributed by atoms with E-state index < -0.39 is 0 Å². The average molecular weight is 389 g/mol. The van der Waals surface area contributed by atoms with E-state index in [0.717, 1.165) is 16.5 Å². The summed E-state index contributed by atoms with van der Waals surface area (Å²) in [5.41, 5.74) is 2.47. The van der Waals surface area contributed by atoms with Gasteiger partial charge in [0.15, 0.2) is 5.82 Å². The second-order valence-corrected chi connectivity index (χ2v) is 7.10. The predicted octanol–water partition coefficient (Wildman–Crippen LogP) is 3.86. The molecule has 0 saturated heterocycles. The number of nitrogens with one attached hydrogen (secondary N) is 1. The van der Waals surface area contributed by atoms with Crippen LogP contribution in [0.15, 0.2) is 60.8 Å². The lowest BCUT2D eigenvalue weighted by Crippen LogP contribution is -2.17. The van der Waals surface area contributed by atoms with Crippen LogP contribution in [0.5, 0.6) is 5.75 Å². The van der Waals surface area contributed by atoms with Crippen molar-refractivity contribution in [1.82, 2.24) is 19.6 Å². The third kappa shape index (κ3) is 3.85. The van der Waals surface area contributed by atoms with Crippen molar-refractivity contribution in [3.63, 3.8) is 0 Å². The fraction of sp³-hybridized carbons (Fsp3) is 0.227. The molecule has 1 N–H and O–H groups in total. The van der Waals surface area contributed by atoms with Crippen LogP contribution in [0.1, 0.15) is 29.9 Å². The fourth-order valence-corrected chi connectivity index (χ4v) is 3.28. The molecular formula is C22H23N5O2. The van der Waals surface area contributed by atoms with Crippen molar-refractivity contribution in [3.05, 3.63) is 72.1 Å². The number of aromatic nitrogens is 4. The topological polar surface area (TPSA) is 74.0 Å². The molecule has 148 valence electrons. The maximum absolute atomic E-state index is 12.8. The van der Waals surface area contributed by atoms with Crippen LogP contribution in [0.2, 0.25) is 0 Å². The van der Waals surface area contributed by atoms with E-state index in [4.69, 9.17) is 9.84 Å². The molecule has 0 saturated carbocycles. The lowest BCUT2D eigenvalue weighted by atomic mass is 10.2. The Morgan fingerprint density at radius 3 is 2.59 bits per heavy atom. The number of rotatable bonds is 6. The van der Waals surface area contributed by atoms with Crippen LogP contribution >= 0.6 is 0 Å². The molecule has 0 atom stereocenters. The van der Waals surface area contributed by atoms with Gasteiger partial charge in [-0.3, -0.25) is 14.2 Å². The van der Waals surface area contributed by atoms with Gasteiger partial charge in [0.05, 0.1) is 23.6 Å². The molecule has 0 radical (unpaired) electrons. The van der Waals surface area contributed by atoms with Crippen LogP contribution in [0.4, 0.5) is 5.82 Å². The molecule has 0 aliphatic rings. The van der Waals surface area contributed by atoms with Gasteiger partial charge in [0.1, 0.15) is 11.4 Å². The molecule has 7 nitrogen and oxygen atoms in total. The van der Waals surface area contributed by atoms with Crippen molar-refractivity contribution >= 4 is 22.6 Å². The Labute approximate surface area is 168 Å². The normalized spacial score (nSPS) is 11.2. The Morgan fingerprint density at radius 1 is 1.10 bits per heavy atom. The Morgan fingerprint density at radius 2 is 1.90 bits per heavy atom. The van der Waals surface area contributed by atoms with E-state index in [1.54, 1.807) is 19.3 Å². The first-order chi connectivity index (χ1) is 14.0. The van der Waals surface area contributed by atoms with Crippen molar-refractivity contribution in [2.24, 2.45) is 7.05 Å². The quantitative estimate of drug-likeness (QED) is 0.543. The van der Waals surface area contributed by atoms with E-state index in [1.165, 1.54) is 4.68 Å². The summed E-state index contributed by atoms with van der Waals surface area (Å²) in [7, 11) is 1.73. The van der Waals surface area contributed by atoms with E-state index in [1.807, 2.05) is 54.9 Å². The summed E-state index contributed by atoms with van der Waals surface area (Å²) in [6.07, 6.45) is 1.59. The number of amides is 1. The van der Waals surface area contributed by atoms with E-state index >= 15 is 0 Å². The number of hydrogen-bond acceptors (Lipinski definition) is 4. The van der Waals surface area contributed by atoms with Crippen molar-refractivity contribution in [1.29, 1.82) is 0 Å². The molecule has 0 unspecified atom stereocenters. The number of fused-ring (bicyclic) bond motifs is 1. The van der Waals surface area contributed by atoms with Crippen LogP contribution in [-0.4, -0.2) is 31.6 Å². The molecule has 0 fully saturated rings. The van der Waals surface area contributed by atoms with Crippen LogP contribution < -0.4 is 10.1 Å². The molecule has 2 aromatic heterocycles. The molecule has 2 aromatic carbocycles. The summed E-state index contributed by atoms with van der Waals surface area (Å²) >= 11 is 0. The van der Waals surface area contributed by atoms with Crippen molar-refractivity contribution in [2.75, 3.05) is 5.32 Å². The SMILES string of the molecule is CC(C)Oc1cccc2c1c(NC(=O)c1ccnn1C)nn2Cc1ccccc1. The highest BCUT2D eigenvalue weighted by Crippen LogP contribution is 2.33. The van der Waals surface area contributed by atoms with E-state index in [2.05, 4.69) is 22.5 Å². The maximum atomic E-state index is 12.8. The minimum absolute atomic E-state index is 0.00120. The lowest BCUT2D eigenvalue weighted by molar-refractivity contribution is 0.101. The largest absolute Gasteiger partial charge is 0.490 e. The Balaban J connectivity index is 1.79. The summed E-state index contributed by atoms with van der Waals surface area (Å²) < 4.78 is 9.42. The van der Waals surface area contributed by atoms with Gasteiger partial charge in [-0.1, -0.05) is 36.4 Å². The summed E-state index contributed by atoms with van der Waals surface area (Å²) in [5.74, 6) is 0.895. The van der Waals surface area contributed by atoms with E-state index in [-0.39, 0.29) is 12.0 Å². The molecule has 4 rings (SSSR count). The van der Waals surface area contributed by atoms with Crippen molar-refractivity contribution in [3.8, 4) is 5.75 Å². The Bertz CT molecular complexity index is 1140. The molecule has 0 aliphatic heterocycles. The smallest absolute Gasteiger partial charge is 0.275 e. The van der Waals surface area contributed by atoms with Gasteiger partial charge < -0.3 is 10.1 Å². The van der Waals surface area contributed by atoms with Crippen LogP contribution in [0, 0.1) is 0 Å². The standard InChI is InChI=1S/C22H23N5O2/c1-15(2)29-19-11-7-10-17-20(19)21(24-22(28)18-12-13-23-26(18)3)25-27(17)14-16-8-5-4-6-9-16/h4-13,15H,14H2,1-3H3,(H,24,25,28). The number of hydrogen-bond donors (Lipinski definition) is 1. The Hall–Kier alpha value is -3.61. The number of anilines is 1. The van der Waals surface area contributed by atoms with Crippen LogP contribution in [0.25, 0.3) is 10.9 Å². The zero-order chi connectivity index (χ0) is 20.4. The van der Waals surface area contributed by atoms with Gasteiger partial charge in [-0.2, -0.15) is 10.2 Å². The van der Waals surface area contributed by atoms with Gasteiger partial charge in [-0.25, -0.2) is 0 Å². The molecule has 0 bridgehead atoms. The summed E-state index contributed by atoms with van der Waals surface area (Å²) in [6, 6.07) is 17.6. The van der Waals surface area contributed by atoms with Crippen LogP contribution in [-0.2, 0) is 13.6 Å². The zero-order valence-electron chi connectivity index (χ0n) is 16.7. The molecule has 29 heavy (non-hydrogen) atoms. The van der Waals surface area contributed by atoms with Crippen molar-refractivity contribution < 1.29 is 9.53 Å². The second-order valence-electron chi connectivity index (χ2n) is 7.10. The minimum Gasteiger partial charge on any atom is -0.490 e. The molecule has 4 aromatic rings. The monoisotopic (exact) mass is 389 g/mol. The third-order valence-corrected chi connectivity index (χ3v) is 4.56. The van der Waals surface area contributed by atoms with Gasteiger partial charge in [-0.15, -0.1) is 0 Å².